The van der Waals surface area contributed by atoms with Crippen LogP contribution in [0.15, 0.2) is 78.9 Å². The smallest absolute Gasteiger partial charge is 0.407 e. The van der Waals surface area contributed by atoms with E-state index in [0.717, 1.165) is 16.7 Å². The second-order valence-electron chi connectivity index (χ2n) is 9.05. The first-order chi connectivity index (χ1) is 16.7. The molecule has 0 saturated carbocycles. The fourth-order valence-electron chi connectivity index (χ4n) is 3.24. The molecule has 7 nitrogen and oxygen atoms in total. The molecule has 3 amide bonds. The summed E-state index contributed by atoms with van der Waals surface area (Å²) in [5.74, 6) is -0.375. The van der Waals surface area contributed by atoms with Gasteiger partial charge in [0.1, 0.15) is 5.60 Å². The number of alkyl carbamates (subject to hydrolysis) is 1. The van der Waals surface area contributed by atoms with Gasteiger partial charge in [-0.25, -0.2) is 4.79 Å². The number of ether oxygens (including phenoxy) is 1. The molecule has 0 fully saturated rings. The minimum Gasteiger partial charge on any atom is -0.444 e. The Bertz CT molecular complexity index is 1140. The lowest BCUT2D eigenvalue weighted by Crippen LogP contribution is -2.35. The normalized spacial score (nSPS) is 10.8. The van der Waals surface area contributed by atoms with Gasteiger partial charge in [0.05, 0.1) is 0 Å². The molecule has 0 atom stereocenters. The molecule has 0 saturated heterocycles. The van der Waals surface area contributed by atoms with E-state index in [9.17, 15) is 14.4 Å². The van der Waals surface area contributed by atoms with Crippen molar-refractivity contribution in [3.8, 4) is 11.1 Å². The second-order valence-corrected chi connectivity index (χ2v) is 9.05. The van der Waals surface area contributed by atoms with Gasteiger partial charge in [0.2, 0.25) is 5.91 Å². The van der Waals surface area contributed by atoms with Crippen molar-refractivity contribution >= 4 is 23.6 Å². The van der Waals surface area contributed by atoms with Crippen LogP contribution in [-0.2, 0) is 16.1 Å². The number of carbonyl (C=O) groups excluding carboxylic acids is 3. The lowest BCUT2D eigenvalue weighted by Gasteiger charge is -2.19. The van der Waals surface area contributed by atoms with Crippen molar-refractivity contribution in [2.75, 3.05) is 11.9 Å². The number of hydrogen-bond donors (Lipinski definition) is 3. The minimum absolute atomic E-state index is 0.149. The van der Waals surface area contributed by atoms with E-state index < -0.39 is 11.7 Å². The Morgan fingerprint density at radius 1 is 0.771 bits per heavy atom. The van der Waals surface area contributed by atoms with E-state index in [0.29, 0.717) is 17.8 Å². The molecule has 182 valence electrons. The van der Waals surface area contributed by atoms with E-state index in [-0.39, 0.29) is 24.8 Å². The SMILES string of the molecule is CC(C)(C)OC(=O)NCCC(=O)NCc1ccc(NC(=O)c2ccc(-c3ccccc3)cc2)cc1. The highest BCUT2D eigenvalue weighted by molar-refractivity contribution is 6.04. The largest absolute Gasteiger partial charge is 0.444 e. The van der Waals surface area contributed by atoms with Crippen molar-refractivity contribution in [2.45, 2.75) is 39.3 Å². The summed E-state index contributed by atoms with van der Waals surface area (Å²) in [5, 5.41) is 8.25. The van der Waals surface area contributed by atoms with E-state index in [1.54, 1.807) is 45.0 Å². The molecule has 0 aliphatic carbocycles. The number of rotatable bonds is 8. The topological polar surface area (TPSA) is 96.5 Å². The van der Waals surface area contributed by atoms with Gasteiger partial charge in [-0.1, -0.05) is 54.6 Å². The van der Waals surface area contributed by atoms with Gasteiger partial charge >= 0.3 is 6.09 Å². The average molecular weight is 474 g/mol. The van der Waals surface area contributed by atoms with Crippen LogP contribution in [0.1, 0.15) is 43.1 Å². The molecule has 3 aromatic carbocycles. The highest BCUT2D eigenvalue weighted by Crippen LogP contribution is 2.20. The molecule has 0 aromatic heterocycles. The average Bonchev–Trinajstić information content (AvgIpc) is 2.83. The molecule has 3 rings (SSSR count). The first-order valence-electron chi connectivity index (χ1n) is 11.5. The van der Waals surface area contributed by atoms with Crippen molar-refractivity contribution < 1.29 is 19.1 Å². The van der Waals surface area contributed by atoms with Crippen molar-refractivity contribution in [3.63, 3.8) is 0 Å². The van der Waals surface area contributed by atoms with Gasteiger partial charge in [-0.3, -0.25) is 9.59 Å². The van der Waals surface area contributed by atoms with Gasteiger partial charge in [-0.2, -0.15) is 0 Å². The molecular weight excluding hydrogens is 442 g/mol. The molecule has 0 unspecified atom stereocenters. The summed E-state index contributed by atoms with van der Waals surface area (Å²) in [5.41, 5.74) is 3.70. The summed E-state index contributed by atoms with van der Waals surface area (Å²) in [4.78, 5) is 36.2. The highest BCUT2D eigenvalue weighted by Gasteiger charge is 2.15. The number of amides is 3. The van der Waals surface area contributed by atoms with E-state index >= 15 is 0 Å². The zero-order chi connectivity index (χ0) is 25.3. The zero-order valence-electron chi connectivity index (χ0n) is 20.3. The van der Waals surface area contributed by atoms with Crippen LogP contribution < -0.4 is 16.0 Å². The monoisotopic (exact) mass is 473 g/mol. The number of nitrogens with one attached hydrogen (secondary N) is 3. The van der Waals surface area contributed by atoms with Crippen LogP contribution in [0.4, 0.5) is 10.5 Å². The molecular formula is C28H31N3O4. The Morgan fingerprint density at radius 2 is 1.40 bits per heavy atom. The number of carbonyl (C=O) groups is 3. The predicted octanol–water partition coefficient (Wildman–Crippen LogP) is 5.14. The lowest BCUT2D eigenvalue weighted by atomic mass is 10.0. The number of anilines is 1. The summed E-state index contributed by atoms with van der Waals surface area (Å²) >= 11 is 0. The maximum absolute atomic E-state index is 12.6. The van der Waals surface area contributed by atoms with Crippen molar-refractivity contribution in [3.05, 3.63) is 90.0 Å². The fourth-order valence-corrected chi connectivity index (χ4v) is 3.24. The van der Waals surface area contributed by atoms with Crippen molar-refractivity contribution in [1.82, 2.24) is 10.6 Å². The summed E-state index contributed by atoms with van der Waals surface area (Å²) in [6, 6.07) is 24.7. The Morgan fingerprint density at radius 3 is 2.03 bits per heavy atom. The van der Waals surface area contributed by atoms with Crippen molar-refractivity contribution in [2.24, 2.45) is 0 Å². The van der Waals surface area contributed by atoms with E-state index in [1.807, 2.05) is 54.6 Å². The molecule has 0 spiro atoms. The maximum atomic E-state index is 12.6. The third kappa shape index (κ3) is 8.62. The zero-order valence-corrected chi connectivity index (χ0v) is 20.3. The first kappa shape index (κ1) is 25.5. The van der Waals surface area contributed by atoms with Crippen LogP contribution in [0.3, 0.4) is 0 Å². The van der Waals surface area contributed by atoms with Gasteiger partial charge in [-0.15, -0.1) is 0 Å². The van der Waals surface area contributed by atoms with E-state index in [4.69, 9.17) is 4.74 Å². The Hall–Kier alpha value is -4.13. The summed E-state index contributed by atoms with van der Waals surface area (Å²) in [7, 11) is 0. The van der Waals surface area contributed by atoms with Gasteiger partial charge < -0.3 is 20.7 Å². The minimum atomic E-state index is -0.578. The number of benzene rings is 3. The van der Waals surface area contributed by atoms with Crippen LogP contribution in [0.2, 0.25) is 0 Å². The van der Waals surface area contributed by atoms with Crippen LogP contribution in [0.5, 0.6) is 0 Å². The molecule has 0 radical (unpaired) electrons. The van der Waals surface area contributed by atoms with Crippen LogP contribution in [-0.4, -0.2) is 30.1 Å². The predicted molar refractivity (Wildman–Crippen MR) is 137 cm³/mol. The molecule has 7 heteroatoms. The van der Waals surface area contributed by atoms with Crippen LogP contribution in [0.25, 0.3) is 11.1 Å². The van der Waals surface area contributed by atoms with Gasteiger partial charge in [-0.05, 0) is 61.7 Å². The maximum Gasteiger partial charge on any atom is 0.407 e. The quantitative estimate of drug-likeness (QED) is 0.422. The lowest BCUT2D eigenvalue weighted by molar-refractivity contribution is -0.121. The van der Waals surface area contributed by atoms with Crippen molar-refractivity contribution in [1.29, 1.82) is 0 Å². The Kier molecular flexibility index (Phi) is 8.62. The number of hydrogen-bond acceptors (Lipinski definition) is 4. The summed E-state index contributed by atoms with van der Waals surface area (Å²) < 4.78 is 5.13. The Labute approximate surface area is 205 Å². The van der Waals surface area contributed by atoms with Crippen LogP contribution >= 0.6 is 0 Å². The third-order valence-corrected chi connectivity index (χ3v) is 4.98. The molecule has 3 N–H and O–H groups in total. The standard InChI is InChI=1S/C28H31N3O4/c1-28(2,3)35-27(34)29-18-17-25(32)30-19-20-9-15-24(16-10-20)31-26(33)23-13-11-22(12-14-23)21-7-5-4-6-8-21/h4-16H,17-19H2,1-3H3,(H,29,34)(H,30,32)(H,31,33). The molecule has 0 aliphatic rings. The highest BCUT2D eigenvalue weighted by atomic mass is 16.6. The fraction of sp³-hybridized carbons (Fsp3) is 0.250. The molecule has 3 aromatic rings. The van der Waals surface area contributed by atoms with Crippen LogP contribution in [0, 0.1) is 0 Å². The molecule has 0 aliphatic heterocycles. The first-order valence-corrected chi connectivity index (χ1v) is 11.5. The summed E-state index contributed by atoms with van der Waals surface area (Å²) in [6.07, 6.45) is -0.397. The van der Waals surface area contributed by atoms with E-state index in [1.165, 1.54) is 0 Å². The van der Waals surface area contributed by atoms with E-state index in [2.05, 4.69) is 16.0 Å². The molecule has 0 bridgehead atoms. The Balaban J connectivity index is 1.42. The second kappa shape index (κ2) is 11.8. The van der Waals surface area contributed by atoms with Gasteiger partial charge in [0.25, 0.3) is 5.91 Å². The third-order valence-electron chi connectivity index (χ3n) is 4.98. The summed E-state index contributed by atoms with van der Waals surface area (Å²) in [6.45, 7) is 5.87. The molecule has 35 heavy (non-hydrogen) atoms. The van der Waals surface area contributed by atoms with Gasteiger partial charge in [0.15, 0.2) is 0 Å². The van der Waals surface area contributed by atoms with Gasteiger partial charge in [0, 0.05) is 30.8 Å². The molecule has 0 heterocycles.